The van der Waals surface area contributed by atoms with E-state index in [-0.39, 0.29) is 6.61 Å². The minimum Gasteiger partial charge on any atom is -0.276 e. The molecule has 0 unspecified atom stereocenters. The van der Waals surface area contributed by atoms with E-state index in [9.17, 15) is 8.42 Å². The number of nitrogens with zero attached hydrogens (tertiary/aromatic N) is 4. The Bertz CT molecular complexity index is 1210. The Kier molecular flexibility index (Phi) is 6.06. The molecule has 0 N–H and O–H groups in total. The maximum atomic E-state index is 11.1. The normalized spacial score (nSPS) is 13.5. The van der Waals surface area contributed by atoms with Gasteiger partial charge < -0.3 is 0 Å². The summed E-state index contributed by atoms with van der Waals surface area (Å²) in [6.45, 7) is 2.56. The van der Waals surface area contributed by atoms with Gasteiger partial charge in [-0.25, -0.2) is 0 Å². The van der Waals surface area contributed by atoms with Crippen LogP contribution in [0.5, 0.6) is 0 Å². The van der Waals surface area contributed by atoms with Crippen molar-refractivity contribution in [2.45, 2.75) is 32.7 Å². The fourth-order valence-corrected chi connectivity index (χ4v) is 5.30. The topological polar surface area (TPSA) is 86.4 Å². The maximum Gasteiger partial charge on any atom is 0.264 e. The Morgan fingerprint density at radius 1 is 1.20 bits per heavy atom. The molecule has 0 saturated carbocycles. The number of unbranched alkanes of at least 4 members (excludes halogenated alkanes) is 1. The SMILES string of the molecule is Cc1nnc2n1-c1sc(CCCCOS(C)(=O)=O)cc1C(c1ccccc1Cl)=NC2. The average molecular weight is 465 g/mol. The Morgan fingerprint density at radius 2 is 2.00 bits per heavy atom. The van der Waals surface area contributed by atoms with E-state index in [2.05, 4.69) is 20.8 Å². The largest absolute Gasteiger partial charge is 0.276 e. The summed E-state index contributed by atoms with van der Waals surface area (Å²) >= 11 is 8.16. The molecule has 1 aliphatic rings. The van der Waals surface area contributed by atoms with Crippen LogP contribution < -0.4 is 0 Å². The van der Waals surface area contributed by atoms with Crippen LogP contribution >= 0.6 is 22.9 Å². The molecule has 10 heteroatoms. The van der Waals surface area contributed by atoms with Gasteiger partial charge in [0.2, 0.25) is 0 Å². The predicted octanol–water partition coefficient (Wildman–Crippen LogP) is 3.94. The van der Waals surface area contributed by atoms with Gasteiger partial charge in [0, 0.05) is 21.0 Å². The molecule has 0 saturated heterocycles. The second kappa shape index (κ2) is 8.58. The first-order chi connectivity index (χ1) is 14.3. The summed E-state index contributed by atoms with van der Waals surface area (Å²) in [6.07, 6.45) is 3.37. The molecule has 3 aromatic rings. The number of hydrogen-bond acceptors (Lipinski definition) is 7. The van der Waals surface area contributed by atoms with E-state index in [1.807, 2.05) is 31.2 Å². The number of aryl methyl sites for hydroxylation is 2. The first-order valence-electron chi connectivity index (χ1n) is 9.51. The van der Waals surface area contributed by atoms with Gasteiger partial charge in [-0.3, -0.25) is 13.7 Å². The Morgan fingerprint density at radius 3 is 2.77 bits per heavy atom. The van der Waals surface area contributed by atoms with Gasteiger partial charge in [0.15, 0.2) is 5.82 Å². The van der Waals surface area contributed by atoms with Crippen LogP contribution in [0, 0.1) is 6.92 Å². The third-order valence-corrected chi connectivity index (χ3v) is 6.84. The molecule has 0 spiro atoms. The van der Waals surface area contributed by atoms with Crippen LogP contribution in [-0.4, -0.2) is 41.8 Å². The van der Waals surface area contributed by atoms with Crippen LogP contribution in [0.25, 0.3) is 5.00 Å². The van der Waals surface area contributed by atoms with Gasteiger partial charge in [-0.05, 0) is 38.3 Å². The Labute approximate surface area is 184 Å². The molecule has 2 aromatic heterocycles. The number of thiophene rings is 1. The van der Waals surface area contributed by atoms with Crippen LogP contribution in [0.3, 0.4) is 0 Å². The van der Waals surface area contributed by atoms with Crippen molar-refractivity contribution in [1.29, 1.82) is 0 Å². The van der Waals surface area contributed by atoms with Gasteiger partial charge in [-0.15, -0.1) is 21.5 Å². The molecule has 1 aliphatic heterocycles. The van der Waals surface area contributed by atoms with E-state index in [0.29, 0.717) is 18.0 Å². The van der Waals surface area contributed by atoms with E-state index < -0.39 is 10.1 Å². The Balaban J connectivity index is 1.65. The summed E-state index contributed by atoms with van der Waals surface area (Å²) in [6, 6.07) is 9.85. The van der Waals surface area contributed by atoms with E-state index >= 15 is 0 Å². The van der Waals surface area contributed by atoms with Crippen molar-refractivity contribution >= 4 is 38.8 Å². The van der Waals surface area contributed by atoms with Gasteiger partial charge in [-0.2, -0.15) is 8.42 Å². The monoisotopic (exact) mass is 464 g/mol. The zero-order valence-electron chi connectivity index (χ0n) is 16.6. The lowest BCUT2D eigenvalue weighted by Gasteiger charge is -2.08. The first-order valence-corrected chi connectivity index (χ1v) is 12.5. The lowest BCUT2D eigenvalue weighted by Crippen LogP contribution is -2.05. The fourth-order valence-electron chi connectivity index (χ4n) is 3.39. The van der Waals surface area contributed by atoms with Crippen LogP contribution in [0.15, 0.2) is 35.3 Å². The maximum absolute atomic E-state index is 11.1. The molecule has 3 heterocycles. The van der Waals surface area contributed by atoms with E-state index in [1.165, 1.54) is 4.88 Å². The number of aliphatic imine (C=N–C) groups is 1. The average Bonchev–Trinajstić information content (AvgIpc) is 3.21. The van der Waals surface area contributed by atoms with Gasteiger partial charge in [0.25, 0.3) is 10.1 Å². The predicted molar refractivity (Wildman–Crippen MR) is 119 cm³/mol. The summed E-state index contributed by atoms with van der Waals surface area (Å²) in [5.74, 6) is 1.61. The fraction of sp³-hybridized carbons (Fsp3) is 0.350. The molecule has 0 aliphatic carbocycles. The summed E-state index contributed by atoms with van der Waals surface area (Å²) in [7, 11) is -3.39. The quantitative estimate of drug-likeness (QED) is 0.390. The number of halogens is 1. The summed E-state index contributed by atoms with van der Waals surface area (Å²) in [4.78, 5) is 6.01. The minimum absolute atomic E-state index is 0.199. The van der Waals surface area contributed by atoms with E-state index in [4.69, 9.17) is 20.8 Å². The van der Waals surface area contributed by atoms with Gasteiger partial charge in [0.1, 0.15) is 17.4 Å². The molecular weight excluding hydrogens is 444 g/mol. The molecule has 0 amide bonds. The lowest BCUT2D eigenvalue weighted by atomic mass is 10.0. The molecule has 0 radical (unpaired) electrons. The molecule has 30 heavy (non-hydrogen) atoms. The number of rotatable bonds is 7. The van der Waals surface area contributed by atoms with Crippen molar-refractivity contribution in [3.8, 4) is 5.00 Å². The summed E-state index contributed by atoms with van der Waals surface area (Å²) in [5, 5.41) is 10.2. The number of fused-ring (bicyclic) bond motifs is 3. The third-order valence-electron chi connectivity index (χ3n) is 4.74. The highest BCUT2D eigenvalue weighted by molar-refractivity contribution is 7.85. The zero-order chi connectivity index (χ0) is 21.3. The number of hydrogen-bond donors (Lipinski definition) is 0. The number of aromatic nitrogens is 3. The zero-order valence-corrected chi connectivity index (χ0v) is 19.0. The highest BCUT2D eigenvalue weighted by Gasteiger charge is 2.25. The van der Waals surface area contributed by atoms with Crippen molar-refractivity contribution in [1.82, 2.24) is 14.8 Å². The molecule has 158 valence electrons. The van der Waals surface area contributed by atoms with Crippen molar-refractivity contribution in [2.75, 3.05) is 12.9 Å². The summed E-state index contributed by atoms with van der Waals surface area (Å²) in [5.41, 5.74) is 2.75. The third kappa shape index (κ3) is 4.49. The van der Waals surface area contributed by atoms with Crippen molar-refractivity contribution in [3.05, 3.63) is 63.0 Å². The standard InChI is InChI=1S/C20H21ClN4O3S2/c1-13-23-24-18-12-22-19(15-8-3-4-9-17(15)21)16-11-14(29-20(16)25(13)18)7-5-6-10-28-30(2,26)27/h3-4,8-9,11H,5-7,10,12H2,1-2H3. The molecule has 7 nitrogen and oxygen atoms in total. The van der Waals surface area contributed by atoms with Crippen LogP contribution in [-0.2, 0) is 27.3 Å². The van der Waals surface area contributed by atoms with Crippen LogP contribution in [0.1, 0.15) is 40.5 Å². The summed E-state index contributed by atoms with van der Waals surface area (Å²) < 4.78 is 29.1. The molecule has 0 atom stereocenters. The lowest BCUT2D eigenvalue weighted by molar-refractivity contribution is 0.312. The second-order valence-corrected chi connectivity index (χ2v) is 10.2. The van der Waals surface area contributed by atoms with Crippen molar-refractivity contribution in [3.63, 3.8) is 0 Å². The highest BCUT2D eigenvalue weighted by atomic mass is 35.5. The van der Waals surface area contributed by atoms with Crippen LogP contribution in [0.2, 0.25) is 5.02 Å². The van der Waals surface area contributed by atoms with Crippen LogP contribution in [0.4, 0.5) is 0 Å². The van der Waals surface area contributed by atoms with Gasteiger partial charge >= 0.3 is 0 Å². The molecule has 0 fully saturated rings. The molecule has 0 bridgehead atoms. The highest BCUT2D eigenvalue weighted by Crippen LogP contribution is 2.35. The second-order valence-electron chi connectivity index (χ2n) is 7.06. The first kappa shape index (κ1) is 21.2. The van der Waals surface area contributed by atoms with Crippen molar-refractivity contribution in [2.24, 2.45) is 4.99 Å². The van der Waals surface area contributed by atoms with E-state index in [0.717, 1.165) is 52.6 Å². The van der Waals surface area contributed by atoms with Gasteiger partial charge in [-0.1, -0.05) is 29.8 Å². The molecule has 4 rings (SSSR count). The smallest absolute Gasteiger partial charge is 0.264 e. The minimum atomic E-state index is -3.39. The molecule has 1 aromatic carbocycles. The van der Waals surface area contributed by atoms with Gasteiger partial charge in [0.05, 0.1) is 18.6 Å². The van der Waals surface area contributed by atoms with Crippen molar-refractivity contribution < 1.29 is 12.6 Å². The van der Waals surface area contributed by atoms with E-state index in [1.54, 1.807) is 11.3 Å². The molecular formula is C20H21ClN4O3S2. The number of benzene rings is 1. The Hall–Kier alpha value is -2.07.